The zero-order valence-corrected chi connectivity index (χ0v) is 38.8. The van der Waals surface area contributed by atoms with Crippen LogP contribution >= 0.6 is 0 Å². The Balaban J connectivity index is 1.77. The number of hydrogen-bond donors (Lipinski definition) is 11. The summed E-state index contributed by atoms with van der Waals surface area (Å²) in [5, 5.41) is 46.3. The number of hydrogen-bond acceptors (Lipinski definition) is 16. The van der Waals surface area contributed by atoms with Crippen molar-refractivity contribution in [1.82, 2.24) is 26.6 Å². The van der Waals surface area contributed by atoms with Gasteiger partial charge < -0.3 is 56.0 Å². The van der Waals surface area contributed by atoms with E-state index in [0.29, 0.717) is 12.0 Å². The average molecular weight is 1010 g/mol. The molecule has 0 saturated carbocycles. The monoisotopic (exact) mass is 1010 g/mol. The molecule has 26 nitrogen and oxygen atoms in total. The van der Waals surface area contributed by atoms with Gasteiger partial charge in [0.15, 0.2) is 0 Å². The molecule has 0 aliphatic carbocycles. The van der Waals surface area contributed by atoms with Crippen molar-refractivity contribution < 1.29 is 78.4 Å². The molecule has 0 saturated heterocycles. The largest absolute Gasteiger partial charge is 0.507 e. The van der Waals surface area contributed by atoms with Crippen LogP contribution in [0.25, 0.3) is 10.4 Å². The van der Waals surface area contributed by atoms with Crippen LogP contribution in [-0.2, 0) is 57.6 Å². The smallest absolute Gasteiger partial charge is 0.446 e. The van der Waals surface area contributed by atoms with Gasteiger partial charge in [0, 0.05) is 23.6 Å². The Labute approximate surface area is 395 Å². The van der Waals surface area contributed by atoms with E-state index in [9.17, 15) is 60.9 Å². The standard InChI is InChI=1S/C41H53N9O17S2/c1-4-22(2)34(47-37(54)30(42)19-24-8-13-27(14-9-24)66-68(60,61)62)39(56)46-32(20-25-10-15-28(16-11-25)67-69(63,64)65)38(55)48-35(23(3)51)40(57)45-31(41(58)59)7-5-6-18-44-36(53)29-17-12-26(49-50-43)21-33(29)52/h8-17,21-23,30-32,34-35,51-52H,4-7,18-20,42H2,1-3H3,(H,44,53)(H,45,57)(H,46,56)(H,47,54)(H,48,55)(H,58,59)(H,60,61,62)(H,63,64,65)/t22-,23+,30-,31-,32-,34-,35-/m0/s1. The normalized spacial score (nSPS) is 14.4. The van der Waals surface area contributed by atoms with Gasteiger partial charge in [0.05, 0.1) is 17.7 Å². The lowest BCUT2D eigenvalue weighted by Gasteiger charge is -2.29. The van der Waals surface area contributed by atoms with E-state index in [-0.39, 0.29) is 67.0 Å². The van der Waals surface area contributed by atoms with Gasteiger partial charge in [-0.25, -0.2) is 4.79 Å². The fraction of sp³-hybridized carbons (Fsp3) is 0.415. The Hall–Kier alpha value is -7.07. The maximum atomic E-state index is 14.0. The molecule has 376 valence electrons. The molecule has 0 aromatic heterocycles. The maximum absolute atomic E-state index is 14.0. The molecule has 0 spiro atoms. The molecule has 5 amide bonds. The van der Waals surface area contributed by atoms with Crippen LogP contribution in [0.15, 0.2) is 71.8 Å². The van der Waals surface area contributed by atoms with Gasteiger partial charge in [-0.3, -0.25) is 33.1 Å². The number of aliphatic carboxylic acids is 1. The predicted molar refractivity (Wildman–Crippen MR) is 242 cm³/mol. The van der Waals surface area contributed by atoms with Crippen molar-refractivity contribution in [2.75, 3.05) is 6.54 Å². The number of phenolic OH excluding ortho intramolecular Hbond substituents is 1. The molecular weight excluding hydrogens is 955 g/mol. The molecule has 3 rings (SSSR count). The van der Waals surface area contributed by atoms with Crippen molar-refractivity contribution in [2.45, 2.75) is 95.6 Å². The first kappa shape index (κ1) is 56.3. The Morgan fingerprint density at radius 3 is 1.75 bits per heavy atom. The van der Waals surface area contributed by atoms with Crippen molar-refractivity contribution in [3.05, 3.63) is 93.9 Å². The predicted octanol–water partition coefficient (Wildman–Crippen LogP) is 0.861. The summed E-state index contributed by atoms with van der Waals surface area (Å²) in [5.41, 5.74) is 15.4. The van der Waals surface area contributed by atoms with Crippen molar-refractivity contribution in [3.8, 4) is 17.2 Å². The molecule has 0 heterocycles. The van der Waals surface area contributed by atoms with E-state index < -0.39 is 104 Å². The van der Waals surface area contributed by atoms with Crippen LogP contribution in [0.5, 0.6) is 17.2 Å². The highest BCUT2D eigenvalue weighted by atomic mass is 32.3. The van der Waals surface area contributed by atoms with E-state index in [1.165, 1.54) is 48.5 Å². The summed E-state index contributed by atoms with van der Waals surface area (Å²) in [6.45, 7) is 4.49. The number of aromatic hydroxyl groups is 1. The minimum Gasteiger partial charge on any atom is -0.507 e. The van der Waals surface area contributed by atoms with Gasteiger partial charge in [0.25, 0.3) is 5.91 Å². The number of carboxylic acids is 1. The lowest BCUT2D eigenvalue weighted by atomic mass is 9.96. The SMILES string of the molecule is CC[C@H](C)[C@H](NC(=O)[C@@H](N)Cc1ccc(OS(=O)(=O)O)cc1)C(=O)N[C@@H](Cc1ccc(OS(=O)(=O)O)cc1)C(=O)N[C@H](C(=O)N[C@@H](CCCCNC(=O)c1ccc(N=[N+]=[N-])cc1O)C(=O)O)[C@@H](C)O. The van der Waals surface area contributed by atoms with Crippen LogP contribution in [0, 0.1) is 5.92 Å². The fourth-order valence-electron chi connectivity index (χ4n) is 6.40. The second kappa shape index (κ2) is 25.9. The highest BCUT2D eigenvalue weighted by molar-refractivity contribution is 7.81. The van der Waals surface area contributed by atoms with Gasteiger partial charge >= 0.3 is 26.8 Å². The summed E-state index contributed by atoms with van der Waals surface area (Å²) in [5.74, 6) is -7.61. The second-order valence-corrected chi connectivity index (χ2v) is 17.6. The molecule has 3 aromatic carbocycles. The quantitative estimate of drug-likeness (QED) is 0.0166. The first-order valence-corrected chi connectivity index (χ1v) is 23.6. The summed E-state index contributed by atoms with van der Waals surface area (Å²) < 4.78 is 71.2. The van der Waals surface area contributed by atoms with E-state index >= 15 is 0 Å². The van der Waals surface area contributed by atoms with Crippen LogP contribution in [0.3, 0.4) is 0 Å². The maximum Gasteiger partial charge on any atom is 0.446 e. The topological polar surface area (TPSA) is 425 Å². The number of benzene rings is 3. The average Bonchev–Trinajstić information content (AvgIpc) is 3.26. The zero-order chi connectivity index (χ0) is 51.6. The summed E-state index contributed by atoms with van der Waals surface area (Å²) in [4.78, 5) is 82.3. The van der Waals surface area contributed by atoms with Gasteiger partial charge in [-0.15, -0.1) is 0 Å². The number of carbonyl (C=O) groups is 6. The third-order valence-electron chi connectivity index (χ3n) is 10.2. The lowest BCUT2D eigenvalue weighted by Crippen LogP contribution is -2.61. The molecule has 3 aromatic rings. The third-order valence-corrected chi connectivity index (χ3v) is 11.0. The zero-order valence-electron chi connectivity index (χ0n) is 37.2. The number of aliphatic hydroxyl groups is 1. The van der Waals surface area contributed by atoms with Crippen molar-refractivity contribution in [3.63, 3.8) is 0 Å². The first-order valence-electron chi connectivity index (χ1n) is 20.9. The Bertz CT molecular complexity index is 2580. The molecule has 0 unspecified atom stereocenters. The number of nitrogens with one attached hydrogen (secondary N) is 5. The number of amides is 5. The van der Waals surface area contributed by atoms with Crippen LogP contribution < -0.4 is 40.7 Å². The van der Waals surface area contributed by atoms with Crippen LogP contribution in [-0.4, -0.2) is 120 Å². The number of aliphatic hydroxyl groups excluding tert-OH is 1. The van der Waals surface area contributed by atoms with Crippen LogP contribution in [0.4, 0.5) is 5.69 Å². The van der Waals surface area contributed by atoms with E-state index in [0.717, 1.165) is 25.1 Å². The number of carboxylic acid groups (broad SMARTS) is 1. The highest BCUT2D eigenvalue weighted by Crippen LogP contribution is 2.24. The number of carbonyl (C=O) groups excluding carboxylic acids is 5. The van der Waals surface area contributed by atoms with E-state index in [1.807, 2.05) is 0 Å². The molecular formula is C41H53N9O17S2. The van der Waals surface area contributed by atoms with Gasteiger partial charge in [0.2, 0.25) is 23.6 Å². The van der Waals surface area contributed by atoms with Gasteiger partial charge in [0.1, 0.15) is 41.4 Å². The lowest BCUT2D eigenvalue weighted by molar-refractivity contribution is -0.143. The number of nitrogens with two attached hydrogens (primary N) is 1. The number of azide groups is 1. The molecule has 0 aliphatic rings. The van der Waals surface area contributed by atoms with E-state index in [1.54, 1.807) is 13.8 Å². The molecule has 0 radical (unpaired) electrons. The minimum atomic E-state index is -4.90. The molecule has 7 atom stereocenters. The van der Waals surface area contributed by atoms with Gasteiger partial charge in [-0.2, -0.15) is 16.8 Å². The van der Waals surface area contributed by atoms with Crippen molar-refractivity contribution >= 4 is 62.0 Å². The summed E-state index contributed by atoms with van der Waals surface area (Å²) in [6, 6.07) is 6.12. The molecule has 0 aliphatic heterocycles. The van der Waals surface area contributed by atoms with Crippen LogP contribution in [0.2, 0.25) is 0 Å². The highest BCUT2D eigenvalue weighted by Gasteiger charge is 2.35. The number of phenols is 1. The first-order chi connectivity index (χ1) is 32.3. The van der Waals surface area contributed by atoms with Crippen LogP contribution in [0.1, 0.15) is 67.9 Å². The summed E-state index contributed by atoms with van der Waals surface area (Å²) in [7, 11) is -9.69. The number of nitrogens with zero attached hydrogens (tertiary/aromatic N) is 3. The number of rotatable bonds is 27. The third kappa shape index (κ3) is 19.2. The Kier molecular flexibility index (Phi) is 21.1. The Morgan fingerprint density at radius 1 is 0.739 bits per heavy atom. The molecule has 0 fully saturated rings. The molecule has 0 bridgehead atoms. The van der Waals surface area contributed by atoms with Gasteiger partial charge in [-0.05, 0) is 91.6 Å². The minimum absolute atomic E-state index is 0.0232. The molecule has 12 N–H and O–H groups in total. The second-order valence-electron chi connectivity index (χ2n) is 15.5. The Morgan fingerprint density at radius 2 is 1.26 bits per heavy atom. The van der Waals surface area contributed by atoms with Gasteiger partial charge in [-0.1, -0.05) is 55.7 Å². The number of unbranched alkanes of at least 4 members (excludes halogenated alkanes) is 1. The molecule has 28 heteroatoms. The molecule has 69 heavy (non-hydrogen) atoms. The van der Waals surface area contributed by atoms with E-state index in [4.69, 9.17) is 20.4 Å². The summed E-state index contributed by atoms with van der Waals surface area (Å²) >= 11 is 0. The summed E-state index contributed by atoms with van der Waals surface area (Å²) in [6.07, 6.45) is -1.64. The van der Waals surface area contributed by atoms with E-state index in [2.05, 4.69) is 45.0 Å². The van der Waals surface area contributed by atoms with Crippen molar-refractivity contribution in [2.24, 2.45) is 16.8 Å². The fourth-order valence-corrected chi connectivity index (χ4v) is 7.10. The van der Waals surface area contributed by atoms with Crippen molar-refractivity contribution in [1.29, 1.82) is 0 Å².